The van der Waals surface area contributed by atoms with E-state index in [2.05, 4.69) is 0 Å². The molecule has 3 nitrogen and oxygen atoms in total. The zero-order valence-corrected chi connectivity index (χ0v) is 4.50. The zero-order chi connectivity index (χ0) is 6.15. The molecule has 1 aliphatic rings. The van der Waals surface area contributed by atoms with E-state index in [-0.39, 0.29) is 12.0 Å². The molecule has 2 atom stereocenters. The first-order valence-corrected chi connectivity index (χ1v) is 2.70. The first-order chi connectivity index (χ1) is 3.72. The minimum atomic E-state index is -0.747. The van der Waals surface area contributed by atoms with Crippen molar-refractivity contribution in [1.82, 2.24) is 0 Å². The van der Waals surface area contributed by atoms with Crippen LogP contribution in [0.3, 0.4) is 0 Å². The first-order valence-electron chi connectivity index (χ1n) is 2.70. The van der Waals surface area contributed by atoms with Crippen molar-refractivity contribution in [3.05, 3.63) is 0 Å². The van der Waals surface area contributed by atoms with Crippen LogP contribution < -0.4 is 5.73 Å². The Labute approximate surface area is 47.5 Å². The largest absolute Gasteiger partial charge is 0.481 e. The molecule has 3 heteroatoms. The Kier molecular flexibility index (Phi) is 1.21. The van der Waals surface area contributed by atoms with Gasteiger partial charge in [0.25, 0.3) is 0 Å². The van der Waals surface area contributed by atoms with Crippen LogP contribution in [0.1, 0.15) is 12.8 Å². The molecule has 0 heterocycles. The monoisotopic (exact) mass is 115 g/mol. The highest BCUT2D eigenvalue weighted by Crippen LogP contribution is 2.24. The molecule has 0 radical (unpaired) electrons. The van der Waals surface area contributed by atoms with E-state index in [0.717, 1.165) is 12.8 Å². The molecule has 8 heavy (non-hydrogen) atoms. The Morgan fingerprint density at radius 3 is 2.25 bits per heavy atom. The van der Waals surface area contributed by atoms with Crippen LogP contribution in [-0.4, -0.2) is 17.1 Å². The predicted octanol–water partition coefficient (Wildman–Crippen LogP) is -0.192. The summed E-state index contributed by atoms with van der Waals surface area (Å²) >= 11 is 0. The average Bonchev–Trinajstić information content (AvgIpc) is 1.61. The molecule has 0 aromatic rings. The first kappa shape index (κ1) is 5.56. The molecule has 46 valence electrons. The quantitative estimate of drug-likeness (QED) is 0.497. The third kappa shape index (κ3) is 0.690. The van der Waals surface area contributed by atoms with Gasteiger partial charge in [0.05, 0.1) is 5.92 Å². The second kappa shape index (κ2) is 1.74. The molecule has 0 aliphatic heterocycles. The zero-order valence-electron chi connectivity index (χ0n) is 4.50. The van der Waals surface area contributed by atoms with Crippen molar-refractivity contribution in [2.24, 2.45) is 11.7 Å². The maximum absolute atomic E-state index is 10.1. The minimum absolute atomic E-state index is 0.0764. The average molecular weight is 115 g/mol. The standard InChI is InChI=1S/C5H9NO2/c6-4-2-1-3(4)5(7)8/h3-4H,1-2,6H2,(H,7,8). The lowest BCUT2D eigenvalue weighted by Gasteiger charge is -2.29. The molecule has 0 spiro atoms. The van der Waals surface area contributed by atoms with Crippen molar-refractivity contribution in [2.45, 2.75) is 18.9 Å². The van der Waals surface area contributed by atoms with Crippen LogP contribution in [0.15, 0.2) is 0 Å². The molecule has 0 aromatic carbocycles. The number of rotatable bonds is 1. The Morgan fingerprint density at radius 2 is 2.25 bits per heavy atom. The van der Waals surface area contributed by atoms with Crippen molar-refractivity contribution in [3.8, 4) is 0 Å². The number of carboxylic acids is 1. The van der Waals surface area contributed by atoms with Gasteiger partial charge in [0, 0.05) is 6.04 Å². The molecule has 0 saturated heterocycles. The Bertz CT molecular complexity index is 113. The molecule has 2 unspecified atom stereocenters. The molecule has 3 N–H and O–H groups in total. The smallest absolute Gasteiger partial charge is 0.308 e. The molecule has 0 aromatic heterocycles. The van der Waals surface area contributed by atoms with E-state index in [9.17, 15) is 4.79 Å². The fourth-order valence-corrected chi connectivity index (χ4v) is 0.832. The normalized spacial score (nSPS) is 36.1. The van der Waals surface area contributed by atoms with Gasteiger partial charge in [-0.05, 0) is 12.8 Å². The van der Waals surface area contributed by atoms with E-state index < -0.39 is 5.97 Å². The fraction of sp³-hybridized carbons (Fsp3) is 0.800. The van der Waals surface area contributed by atoms with Gasteiger partial charge < -0.3 is 10.8 Å². The summed E-state index contributed by atoms with van der Waals surface area (Å²) in [6.07, 6.45) is 1.63. The summed E-state index contributed by atoms with van der Waals surface area (Å²) in [5.41, 5.74) is 5.34. The van der Waals surface area contributed by atoms with Crippen molar-refractivity contribution < 1.29 is 9.90 Å². The third-order valence-electron chi connectivity index (χ3n) is 1.65. The molecular formula is C5H9NO2. The number of aliphatic carboxylic acids is 1. The van der Waals surface area contributed by atoms with Gasteiger partial charge in [-0.3, -0.25) is 4.79 Å². The Hall–Kier alpha value is -0.570. The van der Waals surface area contributed by atoms with E-state index in [1.807, 2.05) is 0 Å². The molecule has 1 aliphatic carbocycles. The van der Waals surface area contributed by atoms with Crippen LogP contribution in [0.2, 0.25) is 0 Å². The predicted molar refractivity (Wildman–Crippen MR) is 28.3 cm³/mol. The molecule has 0 bridgehead atoms. The number of hydrogen-bond donors (Lipinski definition) is 2. The highest BCUT2D eigenvalue weighted by Gasteiger charge is 2.33. The second-order valence-electron chi connectivity index (χ2n) is 2.19. The minimum Gasteiger partial charge on any atom is -0.481 e. The molecular weight excluding hydrogens is 106 g/mol. The number of carbonyl (C=O) groups is 1. The fourth-order valence-electron chi connectivity index (χ4n) is 0.832. The number of carboxylic acid groups (broad SMARTS) is 1. The third-order valence-corrected chi connectivity index (χ3v) is 1.65. The van der Waals surface area contributed by atoms with E-state index in [0.29, 0.717) is 0 Å². The summed E-state index contributed by atoms with van der Waals surface area (Å²) in [7, 11) is 0. The summed E-state index contributed by atoms with van der Waals surface area (Å²) in [6, 6.07) is -0.0764. The van der Waals surface area contributed by atoms with Gasteiger partial charge in [0.15, 0.2) is 0 Å². The van der Waals surface area contributed by atoms with Gasteiger partial charge in [-0.25, -0.2) is 0 Å². The summed E-state index contributed by atoms with van der Waals surface area (Å²) < 4.78 is 0. The van der Waals surface area contributed by atoms with Crippen molar-refractivity contribution >= 4 is 5.97 Å². The van der Waals surface area contributed by atoms with Gasteiger partial charge in [0.2, 0.25) is 0 Å². The van der Waals surface area contributed by atoms with Gasteiger partial charge in [0.1, 0.15) is 0 Å². The van der Waals surface area contributed by atoms with E-state index in [4.69, 9.17) is 10.8 Å². The van der Waals surface area contributed by atoms with E-state index >= 15 is 0 Å². The van der Waals surface area contributed by atoms with Crippen molar-refractivity contribution in [1.29, 1.82) is 0 Å². The van der Waals surface area contributed by atoms with E-state index in [1.165, 1.54) is 0 Å². The Balaban J connectivity index is 2.37. The van der Waals surface area contributed by atoms with Crippen molar-refractivity contribution in [2.75, 3.05) is 0 Å². The maximum Gasteiger partial charge on any atom is 0.308 e. The van der Waals surface area contributed by atoms with Crippen LogP contribution in [0, 0.1) is 5.92 Å². The van der Waals surface area contributed by atoms with Gasteiger partial charge >= 0.3 is 5.97 Å². The van der Waals surface area contributed by atoms with Gasteiger partial charge in [-0.2, -0.15) is 0 Å². The summed E-state index contributed by atoms with van der Waals surface area (Å²) in [5, 5.41) is 8.32. The van der Waals surface area contributed by atoms with Gasteiger partial charge in [-0.1, -0.05) is 0 Å². The van der Waals surface area contributed by atoms with Gasteiger partial charge in [-0.15, -0.1) is 0 Å². The van der Waals surface area contributed by atoms with Crippen LogP contribution >= 0.6 is 0 Å². The van der Waals surface area contributed by atoms with Crippen LogP contribution in [0.25, 0.3) is 0 Å². The lowest BCUT2D eigenvalue weighted by Crippen LogP contribution is -2.43. The second-order valence-corrected chi connectivity index (χ2v) is 2.19. The van der Waals surface area contributed by atoms with Crippen molar-refractivity contribution in [3.63, 3.8) is 0 Å². The number of nitrogens with two attached hydrogens (primary N) is 1. The Morgan fingerprint density at radius 1 is 1.62 bits per heavy atom. The summed E-state index contributed by atoms with van der Waals surface area (Å²) in [6.45, 7) is 0. The SMILES string of the molecule is NC1CCC1C(=O)O. The highest BCUT2D eigenvalue weighted by atomic mass is 16.4. The van der Waals surface area contributed by atoms with Crippen LogP contribution in [0.4, 0.5) is 0 Å². The topological polar surface area (TPSA) is 63.3 Å². The lowest BCUT2D eigenvalue weighted by atomic mass is 9.80. The summed E-state index contributed by atoms with van der Waals surface area (Å²) in [4.78, 5) is 10.1. The molecule has 0 amide bonds. The van der Waals surface area contributed by atoms with Crippen LogP contribution in [0.5, 0.6) is 0 Å². The summed E-state index contributed by atoms with van der Waals surface area (Å²) in [5.74, 6) is -1.00. The maximum atomic E-state index is 10.1. The highest BCUT2D eigenvalue weighted by molar-refractivity contribution is 5.71. The number of hydrogen-bond acceptors (Lipinski definition) is 2. The van der Waals surface area contributed by atoms with Crippen LogP contribution in [-0.2, 0) is 4.79 Å². The molecule has 1 rings (SSSR count). The molecule has 1 fully saturated rings. The van der Waals surface area contributed by atoms with E-state index in [1.54, 1.807) is 0 Å². The lowest BCUT2D eigenvalue weighted by molar-refractivity contribution is -0.145. The molecule has 1 saturated carbocycles.